The first kappa shape index (κ1) is 18.4. The predicted molar refractivity (Wildman–Crippen MR) is 91.3 cm³/mol. The van der Waals surface area contributed by atoms with Gasteiger partial charge in [0, 0.05) is 12.2 Å². The van der Waals surface area contributed by atoms with Crippen LogP contribution in [0.15, 0.2) is 47.4 Å². The minimum absolute atomic E-state index is 0.00420. The second-order valence-corrected chi connectivity index (χ2v) is 7.17. The molecule has 0 atom stereocenters. The molecule has 0 aliphatic heterocycles. The van der Waals surface area contributed by atoms with Crippen LogP contribution in [0.1, 0.15) is 23.7 Å². The summed E-state index contributed by atoms with van der Waals surface area (Å²) in [5.41, 5.74) is 0.522. The maximum Gasteiger partial charge on any atom is 0.257 e. The fraction of sp³-hybridized carbons (Fsp3) is 0.188. The summed E-state index contributed by atoms with van der Waals surface area (Å²) >= 11 is 5.84. The van der Waals surface area contributed by atoms with Crippen molar-refractivity contribution in [1.82, 2.24) is 4.72 Å². The summed E-state index contributed by atoms with van der Waals surface area (Å²) in [7, 11) is -3.56. The average Bonchev–Trinajstić information content (AvgIpc) is 2.53. The summed E-state index contributed by atoms with van der Waals surface area (Å²) < 4.78 is 39.4. The van der Waals surface area contributed by atoms with Crippen molar-refractivity contribution >= 4 is 33.2 Å². The molecule has 0 saturated carbocycles. The van der Waals surface area contributed by atoms with E-state index in [1.165, 1.54) is 30.3 Å². The Hall–Kier alpha value is -1.96. The molecule has 2 N–H and O–H groups in total. The molecule has 1 amide bonds. The fourth-order valence-corrected chi connectivity index (χ4v) is 3.30. The summed E-state index contributed by atoms with van der Waals surface area (Å²) in [6, 6.07) is 9.17. The summed E-state index contributed by atoms with van der Waals surface area (Å²) in [6.45, 7) is 2.21. The van der Waals surface area contributed by atoms with Gasteiger partial charge in [-0.05, 0) is 48.9 Å². The smallest absolute Gasteiger partial charge is 0.257 e. The highest BCUT2D eigenvalue weighted by Crippen LogP contribution is 2.20. The van der Waals surface area contributed by atoms with E-state index in [1.807, 2.05) is 6.92 Å². The molecular weight excluding hydrogens is 355 g/mol. The molecule has 2 rings (SSSR count). The van der Waals surface area contributed by atoms with Crippen LogP contribution in [-0.4, -0.2) is 20.9 Å². The van der Waals surface area contributed by atoms with Gasteiger partial charge in [0.05, 0.1) is 15.5 Å². The number of anilines is 1. The molecule has 0 aliphatic carbocycles. The van der Waals surface area contributed by atoms with Crippen molar-refractivity contribution in [2.24, 2.45) is 0 Å². The third-order valence-corrected chi connectivity index (χ3v) is 4.93. The maximum atomic E-state index is 13.0. The van der Waals surface area contributed by atoms with Crippen molar-refractivity contribution in [3.8, 4) is 0 Å². The molecule has 2 aromatic carbocycles. The Kier molecular flexibility index (Phi) is 5.93. The molecule has 24 heavy (non-hydrogen) atoms. The van der Waals surface area contributed by atoms with Crippen LogP contribution in [-0.2, 0) is 10.0 Å². The number of sulfonamides is 1. The Labute approximate surface area is 144 Å². The van der Waals surface area contributed by atoms with Crippen LogP contribution in [0.5, 0.6) is 0 Å². The van der Waals surface area contributed by atoms with Gasteiger partial charge in [-0.3, -0.25) is 4.79 Å². The molecule has 0 fully saturated rings. The lowest BCUT2D eigenvalue weighted by atomic mass is 10.2. The Morgan fingerprint density at radius 3 is 2.42 bits per heavy atom. The molecular formula is C16H16ClFN2O3S. The third kappa shape index (κ3) is 4.53. The van der Waals surface area contributed by atoms with Crippen LogP contribution >= 0.6 is 11.6 Å². The minimum Gasteiger partial charge on any atom is -0.322 e. The molecule has 0 aliphatic rings. The largest absolute Gasteiger partial charge is 0.322 e. The van der Waals surface area contributed by atoms with E-state index in [2.05, 4.69) is 10.0 Å². The summed E-state index contributed by atoms with van der Waals surface area (Å²) in [4.78, 5) is 12.2. The van der Waals surface area contributed by atoms with Crippen molar-refractivity contribution in [3.63, 3.8) is 0 Å². The van der Waals surface area contributed by atoms with Gasteiger partial charge in [0.2, 0.25) is 10.0 Å². The lowest BCUT2D eigenvalue weighted by molar-refractivity contribution is 0.102. The van der Waals surface area contributed by atoms with E-state index in [1.54, 1.807) is 0 Å². The van der Waals surface area contributed by atoms with Crippen LogP contribution < -0.4 is 10.0 Å². The average molecular weight is 371 g/mol. The van der Waals surface area contributed by atoms with E-state index < -0.39 is 21.7 Å². The maximum absolute atomic E-state index is 13.0. The van der Waals surface area contributed by atoms with E-state index in [4.69, 9.17) is 11.6 Å². The Morgan fingerprint density at radius 2 is 1.83 bits per heavy atom. The topological polar surface area (TPSA) is 75.3 Å². The van der Waals surface area contributed by atoms with Gasteiger partial charge in [0.1, 0.15) is 5.82 Å². The van der Waals surface area contributed by atoms with Crippen LogP contribution in [0.25, 0.3) is 0 Å². The number of hydrogen-bond acceptors (Lipinski definition) is 3. The molecule has 0 heterocycles. The number of hydrogen-bond donors (Lipinski definition) is 2. The van der Waals surface area contributed by atoms with Crippen molar-refractivity contribution < 1.29 is 17.6 Å². The van der Waals surface area contributed by atoms with Gasteiger partial charge in [0.25, 0.3) is 5.91 Å². The molecule has 128 valence electrons. The highest BCUT2D eigenvalue weighted by molar-refractivity contribution is 7.89. The van der Waals surface area contributed by atoms with Gasteiger partial charge in [-0.15, -0.1) is 0 Å². The summed E-state index contributed by atoms with van der Waals surface area (Å²) in [5, 5.41) is 2.58. The lowest BCUT2D eigenvalue weighted by Gasteiger charge is -2.09. The standard InChI is InChI=1S/C16H16ClFN2O3S/c1-2-9-19-24(22,23)13-6-4-12(5-7-13)20-16(21)14-8-3-11(18)10-15(14)17/h3-8,10,19H,2,9H2,1H3,(H,20,21). The molecule has 0 unspecified atom stereocenters. The van der Waals surface area contributed by atoms with Gasteiger partial charge >= 0.3 is 0 Å². The minimum atomic E-state index is -3.56. The number of carbonyl (C=O) groups is 1. The summed E-state index contributed by atoms with van der Waals surface area (Å²) in [5.74, 6) is -1.05. The number of benzene rings is 2. The Morgan fingerprint density at radius 1 is 1.17 bits per heavy atom. The van der Waals surface area contributed by atoms with Crippen LogP contribution in [0, 0.1) is 5.82 Å². The highest BCUT2D eigenvalue weighted by Gasteiger charge is 2.14. The first-order valence-corrected chi connectivity index (χ1v) is 9.05. The lowest BCUT2D eigenvalue weighted by Crippen LogP contribution is -2.24. The second-order valence-electron chi connectivity index (χ2n) is 5.00. The molecule has 2 aromatic rings. The second kappa shape index (κ2) is 7.74. The van der Waals surface area contributed by atoms with Crippen molar-refractivity contribution in [1.29, 1.82) is 0 Å². The first-order chi connectivity index (χ1) is 11.3. The quantitative estimate of drug-likeness (QED) is 0.818. The van der Waals surface area contributed by atoms with Crippen molar-refractivity contribution in [3.05, 3.63) is 58.9 Å². The molecule has 5 nitrogen and oxygen atoms in total. The van der Waals surface area contributed by atoms with Crippen LogP contribution in [0.2, 0.25) is 5.02 Å². The van der Waals surface area contributed by atoms with Gasteiger partial charge in [-0.25, -0.2) is 17.5 Å². The zero-order chi connectivity index (χ0) is 17.7. The van der Waals surface area contributed by atoms with Gasteiger partial charge < -0.3 is 5.32 Å². The number of rotatable bonds is 6. The van der Waals surface area contributed by atoms with Gasteiger partial charge in [0.15, 0.2) is 0 Å². The Balaban J connectivity index is 2.13. The van der Waals surface area contributed by atoms with E-state index in [0.29, 0.717) is 18.7 Å². The van der Waals surface area contributed by atoms with Crippen LogP contribution in [0.3, 0.4) is 0 Å². The fourth-order valence-electron chi connectivity index (χ4n) is 1.91. The number of carbonyl (C=O) groups excluding carboxylic acids is 1. The SMILES string of the molecule is CCCNS(=O)(=O)c1ccc(NC(=O)c2ccc(F)cc2Cl)cc1. The van der Waals surface area contributed by atoms with Crippen LogP contribution in [0.4, 0.5) is 10.1 Å². The molecule has 0 spiro atoms. The van der Waals surface area contributed by atoms with Crippen molar-refractivity contribution in [2.45, 2.75) is 18.2 Å². The first-order valence-electron chi connectivity index (χ1n) is 7.19. The molecule has 0 radical (unpaired) electrons. The Bertz CT molecular complexity index is 839. The zero-order valence-corrected chi connectivity index (χ0v) is 14.4. The van der Waals surface area contributed by atoms with Gasteiger partial charge in [-0.2, -0.15) is 0 Å². The number of nitrogens with one attached hydrogen (secondary N) is 2. The van der Waals surface area contributed by atoms with E-state index in [-0.39, 0.29) is 15.5 Å². The molecule has 0 saturated heterocycles. The third-order valence-electron chi connectivity index (χ3n) is 3.14. The molecule has 0 bridgehead atoms. The summed E-state index contributed by atoms with van der Waals surface area (Å²) in [6.07, 6.45) is 0.686. The van der Waals surface area contributed by atoms with E-state index in [9.17, 15) is 17.6 Å². The normalized spacial score (nSPS) is 11.3. The highest BCUT2D eigenvalue weighted by atomic mass is 35.5. The zero-order valence-electron chi connectivity index (χ0n) is 12.8. The monoisotopic (exact) mass is 370 g/mol. The number of amides is 1. The van der Waals surface area contributed by atoms with Crippen molar-refractivity contribution in [2.75, 3.05) is 11.9 Å². The van der Waals surface area contributed by atoms with E-state index in [0.717, 1.165) is 12.1 Å². The molecule has 0 aromatic heterocycles. The predicted octanol–water partition coefficient (Wildman–Crippen LogP) is 3.42. The van der Waals surface area contributed by atoms with E-state index >= 15 is 0 Å². The van der Waals surface area contributed by atoms with Gasteiger partial charge in [-0.1, -0.05) is 18.5 Å². The molecule has 8 heteroatoms. The number of halogens is 2.